The number of rotatable bonds is 3. The van der Waals surface area contributed by atoms with E-state index < -0.39 is 16.8 Å². The maximum Gasteiger partial charge on any atom is 0.270 e. The molecular weight excluding hydrogens is 406 g/mol. The van der Waals surface area contributed by atoms with Gasteiger partial charge in [0.25, 0.3) is 17.5 Å². The highest BCUT2D eigenvalue weighted by atomic mass is 16.6. The molecule has 2 amide bonds. The van der Waals surface area contributed by atoms with E-state index >= 15 is 0 Å². The number of hydrazone groups is 1. The van der Waals surface area contributed by atoms with Crippen molar-refractivity contribution in [1.82, 2.24) is 5.01 Å². The van der Waals surface area contributed by atoms with E-state index in [1.807, 2.05) is 48.5 Å². The third-order valence-corrected chi connectivity index (χ3v) is 6.83. The molecule has 3 aliphatic carbocycles. The lowest BCUT2D eigenvalue weighted by Crippen LogP contribution is -2.41. The van der Waals surface area contributed by atoms with Crippen LogP contribution in [0.1, 0.15) is 39.7 Å². The second-order valence-electron chi connectivity index (χ2n) is 8.35. The van der Waals surface area contributed by atoms with Crippen LogP contribution >= 0.6 is 0 Å². The van der Waals surface area contributed by atoms with E-state index in [0.717, 1.165) is 27.3 Å². The van der Waals surface area contributed by atoms with Gasteiger partial charge in [-0.2, -0.15) is 10.1 Å². The highest BCUT2D eigenvalue weighted by molar-refractivity contribution is 6.08. The van der Waals surface area contributed by atoms with Gasteiger partial charge in [0, 0.05) is 29.5 Å². The molecule has 1 fully saturated rings. The molecule has 7 rings (SSSR count). The average Bonchev–Trinajstić information content (AvgIpc) is 3.08. The Morgan fingerprint density at radius 2 is 1.28 bits per heavy atom. The summed E-state index contributed by atoms with van der Waals surface area (Å²) in [5, 5.41) is 16.2. The Morgan fingerprint density at radius 3 is 1.75 bits per heavy atom. The van der Waals surface area contributed by atoms with Crippen molar-refractivity contribution in [1.29, 1.82) is 0 Å². The SMILES string of the molecule is O=C1[C@@H]2C3c4ccccc4C(c4ccccc43)[C@H]2C(=O)N1/N=C\c1cccc([N+](=O)[O-])c1. The van der Waals surface area contributed by atoms with Gasteiger partial charge in [0.1, 0.15) is 0 Å². The molecule has 0 spiro atoms. The number of carbonyl (C=O) groups is 2. The first-order chi connectivity index (χ1) is 15.6. The van der Waals surface area contributed by atoms with Crippen molar-refractivity contribution in [2.75, 3.05) is 0 Å². The van der Waals surface area contributed by atoms with E-state index in [-0.39, 0.29) is 29.3 Å². The summed E-state index contributed by atoms with van der Waals surface area (Å²) in [6.07, 6.45) is 1.34. The molecule has 0 radical (unpaired) electrons. The molecule has 1 saturated heterocycles. The van der Waals surface area contributed by atoms with Crippen molar-refractivity contribution >= 4 is 23.7 Å². The van der Waals surface area contributed by atoms with Gasteiger partial charge in [0.2, 0.25) is 0 Å². The molecular formula is C25H17N3O4. The zero-order chi connectivity index (χ0) is 22.0. The van der Waals surface area contributed by atoms with Gasteiger partial charge < -0.3 is 0 Å². The van der Waals surface area contributed by atoms with Crippen LogP contribution in [-0.2, 0) is 9.59 Å². The minimum Gasteiger partial charge on any atom is -0.272 e. The average molecular weight is 423 g/mol. The summed E-state index contributed by atoms with van der Waals surface area (Å²) in [5.74, 6) is -2.01. The minimum atomic E-state index is -0.500. The molecule has 3 aromatic rings. The van der Waals surface area contributed by atoms with Crippen LogP contribution in [-0.4, -0.2) is 28.0 Å². The van der Waals surface area contributed by atoms with Gasteiger partial charge >= 0.3 is 0 Å². The first-order valence-electron chi connectivity index (χ1n) is 10.4. The Kier molecular flexibility index (Phi) is 3.89. The molecule has 4 aliphatic rings. The van der Waals surface area contributed by atoms with Crippen molar-refractivity contribution in [3.8, 4) is 0 Å². The van der Waals surface area contributed by atoms with E-state index in [0.29, 0.717) is 5.56 Å². The van der Waals surface area contributed by atoms with Crippen LogP contribution in [0.25, 0.3) is 0 Å². The lowest BCUT2D eigenvalue weighted by molar-refractivity contribution is -0.384. The third-order valence-electron chi connectivity index (χ3n) is 6.83. The smallest absolute Gasteiger partial charge is 0.270 e. The first-order valence-corrected chi connectivity index (χ1v) is 10.4. The third kappa shape index (κ3) is 2.45. The molecule has 1 heterocycles. The number of hydrogen-bond acceptors (Lipinski definition) is 5. The maximum atomic E-state index is 13.4. The van der Waals surface area contributed by atoms with Crippen molar-refractivity contribution in [3.05, 3.63) is 111 Å². The number of non-ortho nitro benzene ring substituents is 1. The predicted molar refractivity (Wildman–Crippen MR) is 116 cm³/mol. The fourth-order valence-electron chi connectivity index (χ4n) is 5.62. The second kappa shape index (κ2) is 6.68. The van der Waals surface area contributed by atoms with Crippen LogP contribution in [0.2, 0.25) is 0 Å². The summed E-state index contributed by atoms with van der Waals surface area (Å²) in [5.41, 5.74) is 4.77. The zero-order valence-electron chi connectivity index (χ0n) is 16.8. The van der Waals surface area contributed by atoms with Crippen molar-refractivity contribution in [2.24, 2.45) is 16.9 Å². The van der Waals surface area contributed by atoms with Gasteiger partial charge in [-0.15, -0.1) is 0 Å². The normalized spacial score (nSPS) is 25.1. The van der Waals surface area contributed by atoms with Crippen LogP contribution in [0.5, 0.6) is 0 Å². The van der Waals surface area contributed by atoms with E-state index in [1.54, 1.807) is 12.1 Å². The molecule has 7 nitrogen and oxygen atoms in total. The van der Waals surface area contributed by atoms with E-state index in [1.165, 1.54) is 18.3 Å². The topological polar surface area (TPSA) is 92.9 Å². The Labute approximate surface area is 183 Å². The van der Waals surface area contributed by atoms with E-state index in [4.69, 9.17) is 0 Å². The molecule has 32 heavy (non-hydrogen) atoms. The Hall–Kier alpha value is -4.13. The molecule has 7 heteroatoms. The van der Waals surface area contributed by atoms with Gasteiger partial charge in [0.15, 0.2) is 0 Å². The van der Waals surface area contributed by atoms with Crippen LogP contribution in [0.15, 0.2) is 77.9 Å². The predicted octanol–water partition coefficient (Wildman–Crippen LogP) is 3.82. The van der Waals surface area contributed by atoms with Crippen LogP contribution in [0, 0.1) is 22.0 Å². The largest absolute Gasteiger partial charge is 0.272 e. The maximum absolute atomic E-state index is 13.4. The summed E-state index contributed by atoms with van der Waals surface area (Å²) in [6, 6.07) is 22.0. The number of nitro groups is 1. The van der Waals surface area contributed by atoms with Crippen LogP contribution in [0.3, 0.4) is 0 Å². The van der Waals surface area contributed by atoms with Gasteiger partial charge in [-0.25, -0.2) is 0 Å². The second-order valence-corrected chi connectivity index (χ2v) is 8.35. The fourth-order valence-corrected chi connectivity index (χ4v) is 5.62. The standard InChI is InChI=1S/C25H17N3O4/c29-24-22-20-16-8-1-2-9-17(16)21(19-11-4-3-10-18(19)20)23(22)25(30)27(24)26-13-14-6-5-7-15(12-14)28(31)32/h1-13,20-23H/b26-13-/t20?,21?,22-,23-/m1/s1. The lowest BCUT2D eigenvalue weighted by Gasteiger charge is -2.45. The number of benzene rings is 3. The summed E-state index contributed by atoms with van der Waals surface area (Å²) in [6.45, 7) is 0. The number of nitrogens with zero attached hydrogens (tertiary/aromatic N) is 3. The Morgan fingerprint density at radius 1 is 0.781 bits per heavy atom. The molecule has 0 aromatic heterocycles. The number of hydrogen-bond donors (Lipinski definition) is 0. The first kappa shape index (κ1) is 18.6. The molecule has 2 atom stereocenters. The van der Waals surface area contributed by atoms with Gasteiger partial charge in [-0.3, -0.25) is 19.7 Å². The van der Waals surface area contributed by atoms with Gasteiger partial charge in [-0.05, 0) is 22.3 Å². The summed E-state index contributed by atoms with van der Waals surface area (Å²) in [7, 11) is 0. The summed E-state index contributed by atoms with van der Waals surface area (Å²) < 4.78 is 0. The summed E-state index contributed by atoms with van der Waals surface area (Å²) in [4.78, 5) is 37.4. The zero-order valence-corrected chi connectivity index (χ0v) is 16.8. The van der Waals surface area contributed by atoms with Crippen molar-refractivity contribution in [2.45, 2.75) is 11.8 Å². The van der Waals surface area contributed by atoms with Crippen molar-refractivity contribution < 1.29 is 14.5 Å². The molecule has 3 aromatic carbocycles. The Bertz CT molecular complexity index is 1230. The monoisotopic (exact) mass is 423 g/mol. The van der Waals surface area contributed by atoms with Gasteiger partial charge in [0.05, 0.1) is 23.0 Å². The highest BCUT2D eigenvalue weighted by Crippen LogP contribution is 2.60. The Balaban J connectivity index is 1.42. The molecule has 0 N–H and O–H groups in total. The quantitative estimate of drug-likeness (QED) is 0.277. The number of carbonyl (C=O) groups excluding carboxylic acids is 2. The van der Waals surface area contributed by atoms with E-state index in [9.17, 15) is 19.7 Å². The lowest BCUT2D eigenvalue weighted by atomic mass is 9.55. The number of amides is 2. The van der Waals surface area contributed by atoms with Crippen molar-refractivity contribution in [3.63, 3.8) is 0 Å². The van der Waals surface area contributed by atoms with Crippen LogP contribution in [0.4, 0.5) is 5.69 Å². The minimum absolute atomic E-state index is 0.0781. The van der Waals surface area contributed by atoms with Crippen LogP contribution < -0.4 is 0 Å². The molecule has 0 unspecified atom stereocenters. The fraction of sp³-hybridized carbons (Fsp3) is 0.160. The van der Waals surface area contributed by atoms with E-state index in [2.05, 4.69) is 5.10 Å². The molecule has 156 valence electrons. The number of nitro benzene ring substituents is 1. The molecule has 1 aliphatic heterocycles. The molecule has 0 saturated carbocycles. The molecule has 2 bridgehead atoms. The number of imide groups is 1. The summed E-state index contributed by atoms with van der Waals surface area (Å²) >= 11 is 0. The van der Waals surface area contributed by atoms with Gasteiger partial charge in [-0.1, -0.05) is 60.7 Å². The highest BCUT2D eigenvalue weighted by Gasteiger charge is 2.61.